The lowest BCUT2D eigenvalue weighted by molar-refractivity contribution is -0.137. The first-order chi connectivity index (χ1) is 9.67. The number of para-hydroxylation sites is 1. The van der Waals surface area contributed by atoms with Gasteiger partial charge in [0.1, 0.15) is 12.1 Å². The molecule has 1 heterocycles. The molecule has 0 fully saturated rings. The van der Waals surface area contributed by atoms with E-state index in [1.54, 1.807) is 6.92 Å². The second-order valence-electron chi connectivity index (χ2n) is 6.77. The highest BCUT2D eigenvalue weighted by molar-refractivity contribution is 6.02. The lowest BCUT2D eigenvalue weighted by Crippen LogP contribution is -2.66. The van der Waals surface area contributed by atoms with Crippen molar-refractivity contribution in [2.75, 3.05) is 11.7 Å². The van der Waals surface area contributed by atoms with Gasteiger partial charge in [0.25, 0.3) is 5.91 Å². The number of amides is 1. The Morgan fingerprint density at radius 2 is 2.05 bits per heavy atom. The van der Waals surface area contributed by atoms with Crippen LogP contribution in [-0.4, -0.2) is 29.3 Å². The Balaban J connectivity index is 2.45. The van der Waals surface area contributed by atoms with Gasteiger partial charge in [0.2, 0.25) is 0 Å². The smallest absolute Gasteiger partial charge is 0.271 e. The topological polar surface area (TPSA) is 75.8 Å². The molecular formula is C16H24N2O3. The average Bonchev–Trinajstić information content (AvgIpc) is 2.37. The molecule has 0 spiro atoms. The highest BCUT2D eigenvalue weighted by atomic mass is 16.7. The highest BCUT2D eigenvalue weighted by Crippen LogP contribution is 2.40. The Morgan fingerprint density at radius 3 is 2.62 bits per heavy atom. The molecule has 2 atom stereocenters. The molecule has 0 saturated carbocycles. The van der Waals surface area contributed by atoms with Crippen LogP contribution in [0.25, 0.3) is 0 Å². The number of hydrogen-bond donors (Lipinski definition) is 2. The van der Waals surface area contributed by atoms with Crippen molar-refractivity contribution >= 4 is 11.6 Å². The molecular weight excluding hydrogens is 268 g/mol. The van der Waals surface area contributed by atoms with Crippen LogP contribution in [0.4, 0.5) is 5.69 Å². The molecule has 0 aliphatic carbocycles. The Morgan fingerprint density at radius 1 is 1.43 bits per heavy atom. The number of carbonyl (C=O) groups is 1. The number of rotatable bonds is 3. The zero-order valence-electron chi connectivity index (χ0n) is 13.1. The summed E-state index contributed by atoms with van der Waals surface area (Å²) in [6.45, 7) is 7.50. The van der Waals surface area contributed by atoms with Crippen LogP contribution in [0.5, 0.6) is 0 Å². The predicted octanol–water partition coefficient (Wildman–Crippen LogP) is 1.63. The van der Waals surface area contributed by atoms with Crippen molar-refractivity contribution in [3.05, 3.63) is 29.8 Å². The summed E-state index contributed by atoms with van der Waals surface area (Å²) in [5.41, 5.74) is 6.68. The molecule has 0 saturated heterocycles. The summed E-state index contributed by atoms with van der Waals surface area (Å²) in [7, 11) is 0. The van der Waals surface area contributed by atoms with E-state index in [2.05, 4.69) is 0 Å². The third kappa shape index (κ3) is 2.81. The van der Waals surface area contributed by atoms with Crippen molar-refractivity contribution in [1.82, 2.24) is 0 Å². The van der Waals surface area contributed by atoms with Crippen molar-refractivity contribution in [3.8, 4) is 0 Å². The molecule has 1 aliphatic heterocycles. The molecule has 0 bridgehead atoms. The van der Waals surface area contributed by atoms with Gasteiger partial charge in [0.15, 0.2) is 0 Å². The Bertz CT molecular complexity index is 537. The van der Waals surface area contributed by atoms with Crippen LogP contribution < -0.4 is 10.8 Å². The zero-order chi connectivity index (χ0) is 15.8. The first kappa shape index (κ1) is 15.9. The molecule has 3 N–H and O–H groups in total. The van der Waals surface area contributed by atoms with E-state index in [1.165, 1.54) is 5.06 Å². The maximum atomic E-state index is 12.9. The molecule has 1 amide bonds. The Labute approximate surface area is 125 Å². The molecule has 2 rings (SSSR count). The fourth-order valence-corrected chi connectivity index (χ4v) is 2.42. The predicted molar refractivity (Wildman–Crippen MR) is 81.6 cm³/mol. The number of aliphatic hydroxyl groups excluding tert-OH is 1. The van der Waals surface area contributed by atoms with E-state index in [9.17, 15) is 9.90 Å². The van der Waals surface area contributed by atoms with Crippen LogP contribution in [0.1, 0.15) is 33.3 Å². The standard InChI is InChI=1S/C16H24N2O3/c1-11(19)10-21-18-13-8-6-5-7-12(13)9-16(17,14(18)20)15(2,3)4/h5-8,11,19H,9-10,17H2,1-4H3. The molecule has 0 radical (unpaired) electrons. The second-order valence-corrected chi connectivity index (χ2v) is 6.77. The van der Waals surface area contributed by atoms with Gasteiger partial charge < -0.3 is 10.8 Å². The van der Waals surface area contributed by atoms with Crippen LogP contribution in [0.3, 0.4) is 0 Å². The first-order valence-electron chi connectivity index (χ1n) is 7.19. The molecule has 1 aliphatic rings. The van der Waals surface area contributed by atoms with Gasteiger partial charge in [-0.1, -0.05) is 39.0 Å². The third-order valence-corrected chi connectivity index (χ3v) is 4.03. The van der Waals surface area contributed by atoms with Crippen molar-refractivity contribution in [2.45, 2.75) is 45.8 Å². The minimum absolute atomic E-state index is 0.0420. The van der Waals surface area contributed by atoms with Gasteiger partial charge >= 0.3 is 0 Å². The van der Waals surface area contributed by atoms with E-state index >= 15 is 0 Å². The van der Waals surface area contributed by atoms with E-state index in [4.69, 9.17) is 10.6 Å². The first-order valence-corrected chi connectivity index (χ1v) is 7.19. The quantitative estimate of drug-likeness (QED) is 0.888. The molecule has 2 unspecified atom stereocenters. The summed E-state index contributed by atoms with van der Waals surface area (Å²) in [4.78, 5) is 18.4. The normalized spacial score (nSPS) is 23.9. The van der Waals surface area contributed by atoms with Gasteiger partial charge in [-0.15, -0.1) is 0 Å². The Hall–Kier alpha value is -1.43. The van der Waals surface area contributed by atoms with Gasteiger partial charge in [0.05, 0.1) is 11.8 Å². The van der Waals surface area contributed by atoms with Crippen LogP contribution in [0.2, 0.25) is 0 Å². The summed E-state index contributed by atoms with van der Waals surface area (Å²) >= 11 is 0. The van der Waals surface area contributed by atoms with Crippen molar-refractivity contribution < 1.29 is 14.7 Å². The van der Waals surface area contributed by atoms with Crippen LogP contribution in [0, 0.1) is 5.41 Å². The maximum Gasteiger partial charge on any atom is 0.271 e. The minimum atomic E-state index is -1.04. The number of nitrogens with two attached hydrogens (primary N) is 1. The van der Waals surface area contributed by atoms with Crippen LogP contribution in [-0.2, 0) is 16.1 Å². The van der Waals surface area contributed by atoms with E-state index < -0.39 is 17.1 Å². The molecule has 21 heavy (non-hydrogen) atoms. The SMILES string of the molecule is CC(O)CON1C(=O)C(N)(C(C)(C)C)Cc2ccccc21. The van der Waals surface area contributed by atoms with E-state index in [1.807, 2.05) is 45.0 Å². The van der Waals surface area contributed by atoms with E-state index in [0.717, 1.165) is 5.56 Å². The van der Waals surface area contributed by atoms with Crippen LogP contribution >= 0.6 is 0 Å². The Kier molecular flexibility index (Phi) is 4.10. The van der Waals surface area contributed by atoms with Gasteiger partial charge in [-0.25, -0.2) is 0 Å². The maximum absolute atomic E-state index is 12.9. The number of anilines is 1. The molecule has 1 aromatic rings. The number of hydroxylamine groups is 1. The zero-order valence-corrected chi connectivity index (χ0v) is 13.1. The number of fused-ring (bicyclic) bond motifs is 1. The summed E-state index contributed by atoms with van der Waals surface area (Å²) in [6, 6.07) is 7.56. The van der Waals surface area contributed by atoms with Crippen LogP contribution in [0.15, 0.2) is 24.3 Å². The fourth-order valence-electron chi connectivity index (χ4n) is 2.42. The second kappa shape index (κ2) is 5.40. The monoisotopic (exact) mass is 292 g/mol. The summed E-state index contributed by atoms with van der Waals surface area (Å²) in [5, 5.41) is 10.7. The van der Waals surface area contributed by atoms with E-state index in [0.29, 0.717) is 12.1 Å². The lowest BCUT2D eigenvalue weighted by atomic mass is 9.68. The van der Waals surface area contributed by atoms with Gasteiger partial charge in [-0.2, -0.15) is 5.06 Å². The molecule has 5 nitrogen and oxygen atoms in total. The highest BCUT2D eigenvalue weighted by Gasteiger charge is 2.51. The lowest BCUT2D eigenvalue weighted by Gasteiger charge is -2.46. The number of nitrogens with zero attached hydrogens (tertiary/aromatic N) is 1. The molecule has 5 heteroatoms. The summed E-state index contributed by atoms with van der Waals surface area (Å²) < 4.78 is 0. The number of aliphatic hydroxyl groups is 1. The number of hydrogen-bond acceptors (Lipinski definition) is 4. The van der Waals surface area contributed by atoms with Crippen molar-refractivity contribution in [3.63, 3.8) is 0 Å². The summed E-state index contributed by atoms with van der Waals surface area (Å²) in [6.07, 6.45) is -0.186. The number of carbonyl (C=O) groups excluding carboxylic acids is 1. The summed E-state index contributed by atoms with van der Waals surface area (Å²) in [5.74, 6) is -0.269. The minimum Gasteiger partial charge on any atom is -0.391 e. The van der Waals surface area contributed by atoms with Gasteiger partial charge in [-0.05, 0) is 24.0 Å². The average molecular weight is 292 g/mol. The molecule has 0 aromatic heterocycles. The largest absolute Gasteiger partial charge is 0.391 e. The third-order valence-electron chi connectivity index (χ3n) is 4.03. The fraction of sp³-hybridized carbons (Fsp3) is 0.562. The van der Waals surface area contributed by atoms with Gasteiger partial charge in [0, 0.05) is 6.42 Å². The van der Waals surface area contributed by atoms with Gasteiger partial charge in [-0.3, -0.25) is 9.63 Å². The van der Waals surface area contributed by atoms with Crippen molar-refractivity contribution in [1.29, 1.82) is 0 Å². The molecule has 116 valence electrons. The molecule has 1 aromatic carbocycles. The number of benzene rings is 1. The van der Waals surface area contributed by atoms with Crippen molar-refractivity contribution in [2.24, 2.45) is 11.1 Å². The van der Waals surface area contributed by atoms with E-state index in [-0.39, 0.29) is 12.5 Å².